The molecule has 94 valence electrons. The van der Waals surface area contributed by atoms with Crippen molar-refractivity contribution in [1.82, 2.24) is 10.6 Å². The van der Waals surface area contributed by atoms with Crippen LogP contribution in [0.25, 0.3) is 0 Å². The van der Waals surface area contributed by atoms with Crippen LogP contribution in [-0.4, -0.2) is 35.5 Å². The Morgan fingerprint density at radius 3 is 1.81 bits per heavy atom. The molecule has 0 heterocycles. The number of carboxylic acid groups (broad SMARTS) is 2. The Morgan fingerprint density at radius 2 is 1.56 bits per heavy atom. The Hall–Kier alpha value is -1.46. The van der Waals surface area contributed by atoms with Gasteiger partial charge in [-0.05, 0) is 5.92 Å². The van der Waals surface area contributed by atoms with Crippen LogP contribution in [0.3, 0.4) is 0 Å². The highest BCUT2D eigenvalue weighted by Crippen LogP contribution is 2.28. The SMILES string of the molecule is CCC(C)C(C)(CNC(=O)O)CNC(=O)O. The fourth-order valence-corrected chi connectivity index (χ4v) is 1.46. The molecule has 16 heavy (non-hydrogen) atoms. The van der Waals surface area contributed by atoms with Gasteiger partial charge in [-0.15, -0.1) is 0 Å². The molecule has 0 fully saturated rings. The minimum absolute atomic E-state index is 0.214. The van der Waals surface area contributed by atoms with E-state index in [-0.39, 0.29) is 19.0 Å². The predicted octanol–water partition coefficient (Wildman–Crippen LogP) is 1.57. The normalized spacial score (nSPS) is 12.9. The number of hydrogen-bond acceptors (Lipinski definition) is 2. The number of hydrogen-bond donors (Lipinski definition) is 4. The number of carbonyl (C=O) groups is 2. The standard InChI is InChI=1S/C10H20N2O4/c1-4-7(2)10(3,5-11-8(13)14)6-12-9(15)16/h7,11-12H,4-6H2,1-3H3,(H,13,14)(H,15,16). The molecule has 6 heteroatoms. The summed E-state index contributed by atoms with van der Waals surface area (Å²) in [5.74, 6) is 0.214. The van der Waals surface area contributed by atoms with Gasteiger partial charge in [0.15, 0.2) is 0 Å². The molecular weight excluding hydrogens is 212 g/mol. The fraction of sp³-hybridized carbons (Fsp3) is 0.800. The van der Waals surface area contributed by atoms with Crippen LogP contribution in [0.4, 0.5) is 9.59 Å². The van der Waals surface area contributed by atoms with E-state index in [2.05, 4.69) is 10.6 Å². The van der Waals surface area contributed by atoms with Gasteiger partial charge in [-0.25, -0.2) is 9.59 Å². The van der Waals surface area contributed by atoms with Crippen LogP contribution in [0, 0.1) is 11.3 Å². The second-order valence-electron chi connectivity index (χ2n) is 4.28. The molecule has 0 aliphatic carbocycles. The van der Waals surface area contributed by atoms with E-state index in [1.54, 1.807) is 0 Å². The molecule has 6 nitrogen and oxygen atoms in total. The van der Waals surface area contributed by atoms with Crippen molar-refractivity contribution in [3.63, 3.8) is 0 Å². The summed E-state index contributed by atoms with van der Waals surface area (Å²) in [6.45, 7) is 6.31. The second-order valence-corrected chi connectivity index (χ2v) is 4.28. The van der Waals surface area contributed by atoms with Gasteiger partial charge in [-0.2, -0.15) is 0 Å². The van der Waals surface area contributed by atoms with E-state index in [4.69, 9.17) is 10.2 Å². The van der Waals surface area contributed by atoms with Gasteiger partial charge < -0.3 is 20.8 Å². The third-order valence-electron chi connectivity index (χ3n) is 3.09. The Bertz CT molecular complexity index is 237. The maximum Gasteiger partial charge on any atom is 0.404 e. The molecule has 4 N–H and O–H groups in total. The lowest BCUT2D eigenvalue weighted by Crippen LogP contribution is -2.46. The van der Waals surface area contributed by atoms with Crippen LogP contribution >= 0.6 is 0 Å². The maximum absolute atomic E-state index is 10.4. The highest BCUT2D eigenvalue weighted by molar-refractivity contribution is 5.65. The summed E-state index contributed by atoms with van der Waals surface area (Å²) in [5.41, 5.74) is -0.411. The van der Waals surface area contributed by atoms with Crippen molar-refractivity contribution < 1.29 is 19.8 Å². The van der Waals surface area contributed by atoms with Crippen LogP contribution < -0.4 is 10.6 Å². The number of nitrogens with one attached hydrogen (secondary N) is 2. The molecule has 0 rings (SSSR count). The lowest BCUT2D eigenvalue weighted by atomic mass is 9.76. The van der Waals surface area contributed by atoms with Crippen molar-refractivity contribution in [1.29, 1.82) is 0 Å². The van der Waals surface area contributed by atoms with Crippen molar-refractivity contribution >= 4 is 12.2 Å². The first-order valence-corrected chi connectivity index (χ1v) is 5.25. The van der Waals surface area contributed by atoms with Gasteiger partial charge >= 0.3 is 12.2 Å². The molecule has 2 amide bonds. The minimum atomic E-state index is -1.09. The Labute approximate surface area is 95.0 Å². The summed E-state index contributed by atoms with van der Waals surface area (Å²) in [6.07, 6.45) is -1.33. The Morgan fingerprint density at radius 1 is 1.19 bits per heavy atom. The molecule has 0 aromatic heterocycles. The van der Waals surface area contributed by atoms with Gasteiger partial charge in [-0.1, -0.05) is 27.2 Å². The van der Waals surface area contributed by atoms with Crippen LogP contribution in [-0.2, 0) is 0 Å². The topological polar surface area (TPSA) is 98.7 Å². The summed E-state index contributed by atoms with van der Waals surface area (Å²) < 4.78 is 0. The zero-order valence-electron chi connectivity index (χ0n) is 9.91. The van der Waals surface area contributed by atoms with Crippen LogP contribution in [0.15, 0.2) is 0 Å². The molecule has 0 saturated carbocycles. The fourth-order valence-electron chi connectivity index (χ4n) is 1.46. The third-order valence-corrected chi connectivity index (χ3v) is 3.09. The molecule has 1 unspecified atom stereocenters. The van der Waals surface area contributed by atoms with Crippen LogP contribution in [0.2, 0.25) is 0 Å². The van der Waals surface area contributed by atoms with Gasteiger partial charge in [0, 0.05) is 18.5 Å². The zero-order valence-corrected chi connectivity index (χ0v) is 9.91. The summed E-state index contributed by atoms with van der Waals surface area (Å²) in [5, 5.41) is 21.7. The summed E-state index contributed by atoms with van der Waals surface area (Å²) in [7, 11) is 0. The van der Waals surface area contributed by atoms with Crippen molar-refractivity contribution in [2.24, 2.45) is 11.3 Å². The van der Waals surface area contributed by atoms with Crippen LogP contribution in [0.5, 0.6) is 0 Å². The predicted molar refractivity (Wildman–Crippen MR) is 59.6 cm³/mol. The van der Waals surface area contributed by atoms with Crippen LogP contribution in [0.1, 0.15) is 27.2 Å². The number of rotatable bonds is 6. The Balaban J connectivity index is 4.47. The van der Waals surface area contributed by atoms with E-state index < -0.39 is 17.6 Å². The first-order valence-electron chi connectivity index (χ1n) is 5.25. The van der Waals surface area contributed by atoms with Crippen molar-refractivity contribution in [2.75, 3.05) is 13.1 Å². The quantitative estimate of drug-likeness (QED) is 0.558. The molecule has 0 aliphatic rings. The van der Waals surface area contributed by atoms with E-state index in [1.807, 2.05) is 20.8 Å². The van der Waals surface area contributed by atoms with Gasteiger partial charge in [0.05, 0.1) is 0 Å². The molecule has 1 atom stereocenters. The van der Waals surface area contributed by atoms with E-state index in [1.165, 1.54) is 0 Å². The molecule has 0 spiro atoms. The highest BCUT2D eigenvalue weighted by Gasteiger charge is 2.31. The van der Waals surface area contributed by atoms with E-state index >= 15 is 0 Å². The molecule has 0 radical (unpaired) electrons. The maximum atomic E-state index is 10.4. The lowest BCUT2D eigenvalue weighted by molar-refractivity contribution is 0.152. The van der Waals surface area contributed by atoms with Gasteiger partial charge in [-0.3, -0.25) is 0 Å². The smallest absolute Gasteiger partial charge is 0.404 e. The first-order chi connectivity index (χ1) is 7.31. The zero-order chi connectivity index (χ0) is 12.8. The molecular formula is C10H20N2O4. The van der Waals surface area contributed by atoms with Crippen molar-refractivity contribution in [3.05, 3.63) is 0 Å². The molecule has 0 aromatic carbocycles. The van der Waals surface area contributed by atoms with E-state index in [9.17, 15) is 9.59 Å². The highest BCUT2D eigenvalue weighted by atomic mass is 16.4. The monoisotopic (exact) mass is 232 g/mol. The van der Waals surface area contributed by atoms with Gasteiger partial charge in [0.25, 0.3) is 0 Å². The van der Waals surface area contributed by atoms with Crippen molar-refractivity contribution in [3.8, 4) is 0 Å². The van der Waals surface area contributed by atoms with E-state index in [0.717, 1.165) is 6.42 Å². The average Bonchev–Trinajstić information content (AvgIpc) is 2.22. The van der Waals surface area contributed by atoms with E-state index in [0.29, 0.717) is 0 Å². The number of amides is 2. The largest absolute Gasteiger partial charge is 0.465 e. The minimum Gasteiger partial charge on any atom is -0.465 e. The molecule has 0 saturated heterocycles. The summed E-state index contributed by atoms with van der Waals surface area (Å²) >= 11 is 0. The first kappa shape index (κ1) is 14.5. The molecule has 0 aromatic rings. The van der Waals surface area contributed by atoms with Crippen molar-refractivity contribution in [2.45, 2.75) is 27.2 Å². The average molecular weight is 232 g/mol. The lowest BCUT2D eigenvalue weighted by Gasteiger charge is -2.34. The molecule has 0 bridgehead atoms. The third kappa shape index (κ3) is 4.86. The summed E-state index contributed by atoms with van der Waals surface area (Å²) in [4.78, 5) is 20.9. The summed E-state index contributed by atoms with van der Waals surface area (Å²) in [6, 6.07) is 0. The van der Waals surface area contributed by atoms with Gasteiger partial charge in [0.1, 0.15) is 0 Å². The Kier molecular flexibility index (Phi) is 5.63. The molecule has 0 aliphatic heterocycles. The second kappa shape index (κ2) is 6.19. The van der Waals surface area contributed by atoms with Gasteiger partial charge in [0.2, 0.25) is 0 Å².